The number of nitrogens with one attached hydrogen (secondary N) is 2. The largest absolute Gasteiger partial charge is 0.378 e. The molecule has 1 fully saturated rings. The van der Waals surface area contributed by atoms with E-state index in [-0.39, 0.29) is 24.0 Å². The molecule has 4 heteroatoms. The summed E-state index contributed by atoms with van der Waals surface area (Å²) in [7, 11) is 1.71. The zero-order valence-corrected chi connectivity index (χ0v) is 15.5. The van der Waals surface area contributed by atoms with Crippen LogP contribution < -0.4 is 10.6 Å². The second kappa shape index (κ2) is 12.8. The number of carbonyl (C=O) groups is 1. The molecule has 136 valence electrons. The first-order chi connectivity index (χ1) is 11.2. The summed E-state index contributed by atoms with van der Waals surface area (Å²) >= 11 is 0. The Balaban J connectivity index is 2.00. The Kier molecular flexibility index (Phi) is 11.3. The SMILES string of the molecule is CCCCCCCCCCCC(C)C(=O)N[C@H]1CNC[C@@H]1OC. The average molecular weight is 327 g/mol. The van der Waals surface area contributed by atoms with Crippen molar-refractivity contribution in [3.05, 3.63) is 0 Å². The van der Waals surface area contributed by atoms with Gasteiger partial charge in [0.2, 0.25) is 5.91 Å². The summed E-state index contributed by atoms with van der Waals surface area (Å²) in [6, 6.07) is 0.123. The van der Waals surface area contributed by atoms with Crippen LogP contribution in [0, 0.1) is 5.92 Å². The number of rotatable bonds is 13. The molecular weight excluding hydrogens is 288 g/mol. The van der Waals surface area contributed by atoms with Gasteiger partial charge in [-0.05, 0) is 6.42 Å². The van der Waals surface area contributed by atoms with Gasteiger partial charge in [0.15, 0.2) is 0 Å². The maximum atomic E-state index is 12.2. The van der Waals surface area contributed by atoms with E-state index >= 15 is 0 Å². The number of ether oxygens (including phenoxy) is 1. The van der Waals surface area contributed by atoms with Gasteiger partial charge in [-0.1, -0.05) is 71.6 Å². The maximum Gasteiger partial charge on any atom is 0.223 e. The third-order valence-corrected chi connectivity index (χ3v) is 4.98. The van der Waals surface area contributed by atoms with Crippen LogP contribution in [-0.2, 0) is 9.53 Å². The van der Waals surface area contributed by atoms with Crippen molar-refractivity contribution in [2.45, 2.75) is 90.2 Å². The van der Waals surface area contributed by atoms with Gasteiger partial charge in [0.25, 0.3) is 0 Å². The minimum atomic E-state index is 0.109. The van der Waals surface area contributed by atoms with E-state index in [0.717, 1.165) is 19.5 Å². The predicted molar refractivity (Wildman–Crippen MR) is 96.6 cm³/mol. The molecular formula is C19H38N2O2. The van der Waals surface area contributed by atoms with Gasteiger partial charge >= 0.3 is 0 Å². The average Bonchev–Trinajstić information content (AvgIpc) is 3.00. The fraction of sp³-hybridized carbons (Fsp3) is 0.947. The number of unbranched alkanes of at least 4 members (excludes halogenated alkanes) is 8. The van der Waals surface area contributed by atoms with Gasteiger partial charge in [0.05, 0.1) is 12.1 Å². The van der Waals surface area contributed by atoms with Crippen LogP contribution >= 0.6 is 0 Å². The highest BCUT2D eigenvalue weighted by atomic mass is 16.5. The van der Waals surface area contributed by atoms with E-state index in [4.69, 9.17) is 4.74 Å². The van der Waals surface area contributed by atoms with Gasteiger partial charge in [-0.2, -0.15) is 0 Å². The first kappa shape index (κ1) is 20.4. The van der Waals surface area contributed by atoms with E-state index in [1.165, 1.54) is 57.8 Å². The fourth-order valence-corrected chi connectivity index (χ4v) is 3.26. The molecule has 0 aromatic rings. The van der Waals surface area contributed by atoms with Crippen LogP contribution in [0.4, 0.5) is 0 Å². The van der Waals surface area contributed by atoms with Crippen molar-refractivity contribution in [1.82, 2.24) is 10.6 Å². The highest BCUT2D eigenvalue weighted by Gasteiger charge is 2.29. The fourth-order valence-electron chi connectivity index (χ4n) is 3.26. The van der Waals surface area contributed by atoms with Crippen molar-refractivity contribution >= 4 is 5.91 Å². The van der Waals surface area contributed by atoms with Gasteiger partial charge in [0.1, 0.15) is 0 Å². The molecule has 1 heterocycles. The van der Waals surface area contributed by atoms with Crippen molar-refractivity contribution in [2.24, 2.45) is 5.92 Å². The summed E-state index contributed by atoms with van der Waals surface area (Å²) in [6.45, 7) is 5.95. The number of methoxy groups -OCH3 is 1. The molecule has 1 unspecified atom stereocenters. The second-order valence-electron chi connectivity index (χ2n) is 7.07. The molecule has 1 aliphatic heterocycles. The van der Waals surface area contributed by atoms with Gasteiger partial charge < -0.3 is 15.4 Å². The molecule has 1 rings (SSSR count). The molecule has 0 aromatic carbocycles. The number of hydrogen-bond acceptors (Lipinski definition) is 3. The first-order valence-corrected chi connectivity index (χ1v) is 9.73. The van der Waals surface area contributed by atoms with E-state index in [2.05, 4.69) is 17.6 Å². The number of amides is 1. The van der Waals surface area contributed by atoms with Crippen LogP contribution in [0.3, 0.4) is 0 Å². The zero-order valence-electron chi connectivity index (χ0n) is 15.5. The van der Waals surface area contributed by atoms with Crippen molar-refractivity contribution < 1.29 is 9.53 Å². The van der Waals surface area contributed by atoms with E-state index < -0.39 is 0 Å². The Hall–Kier alpha value is -0.610. The lowest BCUT2D eigenvalue weighted by atomic mass is 10.00. The molecule has 3 atom stereocenters. The third-order valence-electron chi connectivity index (χ3n) is 4.98. The number of carbonyl (C=O) groups excluding carboxylic acids is 1. The third kappa shape index (κ3) is 8.71. The monoisotopic (exact) mass is 326 g/mol. The maximum absolute atomic E-state index is 12.2. The molecule has 1 amide bonds. The summed E-state index contributed by atoms with van der Waals surface area (Å²) in [6.07, 6.45) is 13.1. The second-order valence-corrected chi connectivity index (χ2v) is 7.07. The standard InChI is InChI=1S/C19H38N2O2/c1-4-5-6-7-8-9-10-11-12-13-16(2)19(22)21-17-14-20-15-18(17)23-3/h16-18,20H,4-15H2,1-3H3,(H,21,22)/t16?,17-,18-/m0/s1. The summed E-state index contributed by atoms with van der Waals surface area (Å²) in [4.78, 5) is 12.2. The lowest BCUT2D eigenvalue weighted by molar-refractivity contribution is -0.126. The molecule has 0 bridgehead atoms. The van der Waals surface area contributed by atoms with Gasteiger partial charge in [-0.15, -0.1) is 0 Å². The highest BCUT2D eigenvalue weighted by Crippen LogP contribution is 2.14. The normalized spacial score (nSPS) is 22.2. The van der Waals surface area contributed by atoms with Gasteiger partial charge in [-0.25, -0.2) is 0 Å². The summed E-state index contributed by atoms with van der Waals surface area (Å²) in [5.41, 5.74) is 0. The molecule has 1 aliphatic rings. The number of hydrogen-bond donors (Lipinski definition) is 2. The Labute approximate surface area is 143 Å². The summed E-state index contributed by atoms with van der Waals surface area (Å²) < 4.78 is 5.39. The Morgan fingerprint density at radius 2 is 1.70 bits per heavy atom. The molecule has 1 saturated heterocycles. The van der Waals surface area contributed by atoms with Crippen LogP contribution in [0.1, 0.15) is 78.1 Å². The Morgan fingerprint density at radius 1 is 1.09 bits per heavy atom. The molecule has 23 heavy (non-hydrogen) atoms. The molecule has 0 radical (unpaired) electrons. The summed E-state index contributed by atoms with van der Waals surface area (Å²) in [5.74, 6) is 0.290. The van der Waals surface area contributed by atoms with E-state index in [0.29, 0.717) is 0 Å². The minimum Gasteiger partial charge on any atom is -0.378 e. The smallest absolute Gasteiger partial charge is 0.223 e. The predicted octanol–water partition coefficient (Wildman–Crippen LogP) is 3.65. The van der Waals surface area contributed by atoms with Crippen LogP contribution in [0.25, 0.3) is 0 Å². The lowest BCUT2D eigenvalue weighted by Gasteiger charge is -2.21. The topological polar surface area (TPSA) is 50.4 Å². The molecule has 0 spiro atoms. The molecule has 0 aliphatic carbocycles. The van der Waals surface area contributed by atoms with E-state index in [9.17, 15) is 4.79 Å². The van der Waals surface area contributed by atoms with Crippen LogP contribution in [-0.4, -0.2) is 38.3 Å². The van der Waals surface area contributed by atoms with Gasteiger partial charge in [-0.3, -0.25) is 4.79 Å². The first-order valence-electron chi connectivity index (χ1n) is 9.73. The Bertz CT molecular complexity index is 310. The molecule has 0 aromatic heterocycles. The summed E-state index contributed by atoms with van der Waals surface area (Å²) in [5, 5.41) is 6.40. The van der Waals surface area contributed by atoms with E-state index in [1.54, 1.807) is 7.11 Å². The van der Waals surface area contributed by atoms with Crippen LogP contribution in [0.5, 0.6) is 0 Å². The van der Waals surface area contributed by atoms with Crippen LogP contribution in [0.2, 0.25) is 0 Å². The molecule has 4 nitrogen and oxygen atoms in total. The molecule has 2 N–H and O–H groups in total. The zero-order chi connectivity index (χ0) is 16.9. The van der Waals surface area contributed by atoms with Crippen molar-refractivity contribution in [1.29, 1.82) is 0 Å². The van der Waals surface area contributed by atoms with Crippen molar-refractivity contribution in [3.63, 3.8) is 0 Å². The minimum absolute atomic E-state index is 0.109. The highest BCUT2D eigenvalue weighted by molar-refractivity contribution is 5.78. The van der Waals surface area contributed by atoms with Gasteiger partial charge in [0, 0.05) is 26.1 Å². The molecule has 0 saturated carbocycles. The van der Waals surface area contributed by atoms with Crippen molar-refractivity contribution in [2.75, 3.05) is 20.2 Å². The van der Waals surface area contributed by atoms with E-state index in [1.807, 2.05) is 6.92 Å². The van der Waals surface area contributed by atoms with Crippen molar-refractivity contribution in [3.8, 4) is 0 Å². The quantitative estimate of drug-likeness (QED) is 0.508. The van der Waals surface area contributed by atoms with Crippen LogP contribution in [0.15, 0.2) is 0 Å². The lowest BCUT2D eigenvalue weighted by Crippen LogP contribution is -2.45. The Morgan fingerprint density at radius 3 is 2.30 bits per heavy atom.